The Kier molecular flexibility index (Phi) is 7.20. The molecule has 0 aliphatic carbocycles. The van der Waals surface area contributed by atoms with Gasteiger partial charge in [-0.05, 0) is 32.2 Å². The molecule has 1 unspecified atom stereocenters. The first kappa shape index (κ1) is 13.9. The van der Waals surface area contributed by atoms with Gasteiger partial charge in [-0.1, -0.05) is 27.7 Å². The summed E-state index contributed by atoms with van der Waals surface area (Å²) in [6, 6.07) is 0.488. The second-order valence-electron chi connectivity index (χ2n) is 3.89. The van der Waals surface area contributed by atoms with Crippen molar-refractivity contribution in [3.8, 4) is 0 Å². The third kappa shape index (κ3) is 3.25. The molecule has 1 atom stereocenters. The lowest BCUT2D eigenvalue weighted by atomic mass is 9.86. The van der Waals surface area contributed by atoms with Crippen molar-refractivity contribution in [1.29, 1.82) is 0 Å². The number of methoxy groups -OCH3 is 1. The van der Waals surface area contributed by atoms with Gasteiger partial charge in [0, 0.05) is 13.2 Å². The molecule has 0 aromatic heterocycles. The van der Waals surface area contributed by atoms with E-state index < -0.39 is 0 Å². The maximum absolute atomic E-state index is 5.72. The van der Waals surface area contributed by atoms with E-state index in [-0.39, 0.29) is 5.60 Å². The highest BCUT2D eigenvalue weighted by molar-refractivity contribution is 4.90. The van der Waals surface area contributed by atoms with Crippen LogP contribution in [-0.2, 0) is 4.74 Å². The molecule has 0 heterocycles. The van der Waals surface area contributed by atoms with Gasteiger partial charge in [-0.25, -0.2) is 0 Å². The Morgan fingerprint density at radius 3 is 2.00 bits per heavy atom. The molecular formula is C12H27NO. The first-order valence-corrected chi connectivity index (χ1v) is 5.99. The van der Waals surface area contributed by atoms with Crippen molar-refractivity contribution in [3.63, 3.8) is 0 Å². The second kappa shape index (κ2) is 7.24. The zero-order valence-electron chi connectivity index (χ0n) is 10.5. The molecule has 2 heteroatoms. The van der Waals surface area contributed by atoms with Gasteiger partial charge in [-0.15, -0.1) is 0 Å². The highest BCUT2D eigenvalue weighted by Gasteiger charge is 2.33. The van der Waals surface area contributed by atoms with Crippen LogP contribution in [0.2, 0.25) is 0 Å². The molecule has 0 aromatic rings. The first-order valence-electron chi connectivity index (χ1n) is 5.99. The topological polar surface area (TPSA) is 21.3 Å². The molecule has 0 aliphatic rings. The van der Waals surface area contributed by atoms with Gasteiger partial charge in [0.15, 0.2) is 0 Å². The Bertz CT molecular complexity index is 124. The summed E-state index contributed by atoms with van der Waals surface area (Å²) in [6.45, 7) is 9.94. The van der Waals surface area contributed by atoms with Crippen LogP contribution in [0, 0.1) is 0 Å². The molecule has 0 aromatic carbocycles. The van der Waals surface area contributed by atoms with Gasteiger partial charge in [-0.3, -0.25) is 0 Å². The molecule has 0 amide bonds. The second-order valence-corrected chi connectivity index (χ2v) is 3.89. The van der Waals surface area contributed by atoms with E-state index in [9.17, 15) is 0 Å². The molecule has 0 fully saturated rings. The van der Waals surface area contributed by atoms with Crippen molar-refractivity contribution in [2.75, 3.05) is 13.7 Å². The van der Waals surface area contributed by atoms with Gasteiger partial charge < -0.3 is 10.1 Å². The summed E-state index contributed by atoms with van der Waals surface area (Å²) in [6.07, 6.45) is 4.48. The molecule has 0 saturated carbocycles. The van der Waals surface area contributed by atoms with E-state index in [0.29, 0.717) is 6.04 Å². The summed E-state index contributed by atoms with van der Waals surface area (Å²) in [5.41, 5.74) is 0.0317. The summed E-state index contributed by atoms with van der Waals surface area (Å²) in [7, 11) is 1.84. The largest absolute Gasteiger partial charge is 0.377 e. The fourth-order valence-corrected chi connectivity index (χ4v) is 2.19. The van der Waals surface area contributed by atoms with Gasteiger partial charge in [0.05, 0.1) is 5.60 Å². The Morgan fingerprint density at radius 2 is 1.71 bits per heavy atom. The molecule has 14 heavy (non-hydrogen) atoms. The third-order valence-electron chi connectivity index (χ3n) is 3.29. The zero-order valence-corrected chi connectivity index (χ0v) is 10.5. The third-order valence-corrected chi connectivity index (χ3v) is 3.29. The summed E-state index contributed by atoms with van der Waals surface area (Å²) >= 11 is 0. The van der Waals surface area contributed by atoms with Crippen LogP contribution in [-0.4, -0.2) is 25.3 Å². The quantitative estimate of drug-likeness (QED) is 0.652. The van der Waals surface area contributed by atoms with Gasteiger partial charge in [0.2, 0.25) is 0 Å². The molecule has 86 valence electrons. The zero-order chi connectivity index (χ0) is 11.0. The van der Waals surface area contributed by atoms with Crippen molar-refractivity contribution >= 4 is 0 Å². The van der Waals surface area contributed by atoms with Crippen molar-refractivity contribution in [2.45, 2.75) is 65.0 Å². The van der Waals surface area contributed by atoms with Gasteiger partial charge in [-0.2, -0.15) is 0 Å². The lowest BCUT2D eigenvalue weighted by Gasteiger charge is -2.38. The van der Waals surface area contributed by atoms with Crippen LogP contribution >= 0.6 is 0 Å². The summed E-state index contributed by atoms with van der Waals surface area (Å²) in [5.74, 6) is 0. The van der Waals surface area contributed by atoms with E-state index in [0.717, 1.165) is 25.8 Å². The van der Waals surface area contributed by atoms with E-state index in [1.807, 2.05) is 7.11 Å². The van der Waals surface area contributed by atoms with Crippen LogP contribution in [0.1, 0.15) is 53.4 Å². The van der Waals surface area contributed by atoms with E-state index in [4.69, 9.17) is 4.74 Å². The Balaban J connectivity index is 4.40. The van der Waals surface area contributed by atoms with Crippen molar-refractivity contribution in [3.05, 3.63) is 0 Å². The molecule has 1 N–H and O–H groups in total. The molecule has 0 aliphatic heterocycles. The number of hydrogen-bond acceptors (Lipinski definition) is 2. The van der Waals surface area contributed by atoms with E-state index in [1.165, 1.54) is 6.42 Å². The van der Waals surface area contributed by atoms with E-state index >= 15 is 0 Å². The minimum absolute atomic E-state index is 0.0317. The molecule has 0 rings (SSSR count). The van der Waals surface area contributed by atoms with Crippen LogP contribution in [0.5, 0.6) is 0 Å². The van der Waals surface area contributed by atoms with Crippen molar-refractivity contribution < 1.29 is 4.74 Å². The molecule has 0 spiro atoms. The predicted molar refractivity (Wildman–Crippen MR) is 62.7 cm³/mol. The number of nitrogens with one attached hydrogen (secondary N) is 1. The summed E-state index contributed by atoms with van der Waals surface area (Å²) in [5, 5.41) is 3.59. The molecule has 0 saturated heterocycles. The lowest BCUT2D eigenvalue weighted by Crippen LogP contribution is -2.51. The number of hydrogen-bond donors (Lipinski definition) is 1. The Hall–Kier alpha value is -0.0800. The standard InChI is InChI=1S/C12H27NO/c1-6-10-13-11(7-2)12(8-3,9-4)14-5/h11,13H,6-10H2,1-5H3. The molecular weight excluding hydrogens is 174 g/mol. The molecule has 0 bridgehead atoms. The number of rotatable bonds is 8. The Morgan fingerprint density at radius 1 is 1.14 bits per heavy atom. The fourth-order valence-electron chi connectivity index (χ4n) is 2.19. The molecule has 2 nitrogen and oxygen atoms in total. The monoisotopic (exact) mass is 201 g/mol. The molecule has 0 radical (unpaired) electrons. The van der Waals surface area contributed by atoms with E-state index in [1.54, 1.807) is 0 Å². The average molecular weight is 201 g/mol. The fraction of sp³-hybridized carbons (Fsp3) is 1.00. The minimum Gasteiger partial charge on any atom is -0.377 e. The predicted octanol–water partition coefficient (Wildman–Crippen LogP) is 2.97. The maximum atomic E-state index is 5.72. The van der Waals surface area contributed by atoms with Gasteiger partial charge >= 0.3 is 0 Å². The SMILES string of the molecule is CCCNC(CC)C(CC)(CC)OC. The maximum Gasteiger partial charge on any atom is 0.0825 e. The van der Waals surface area contributed by atoms with Gasteiger partial charge in [0.1, 0.15) is 0 Å². The first-order chi connectivity index (χ1) is 6.70. The average Bonchev–Trinajstić information content (AvgIpc) is 2.25. The summed E-state index contributed by atoms with van der Waals surface area (Å²) < 4.78 is 5.72. The van der Waals surface area contributed by atoms with Crippen molar-refractivity contribution in [2.24, 2.45) is 0 Å². The van der Waals surface area contributed by atoms with Gasteiger partial charge in [0.25, 0.3) is 0 Å². The lowest BCUT2D eigenvalue weighted by molar-refractivity contribution is -0.0481. The van der Waals surface area contributed by atoms with Crippen LogP contribution in [0.15, 0.2) is 0 Å². The Labute approximate surface area is 89.4 Å². The van der Waals surface area contributed by atoms with Crippen LogP contribution in [0.3, 0.4) is 0 Å². The minimum atomic E-state index is 0.0317. The highest BCUT2D eigenvalue weighted by atomic mass is 16.5. The summed E-state index contributed by atoms with van der Waals surface area (Å²) in [4.78, 5) is 0. The van der Waals surface area contributed by atoms with Crippen LogP contribution in [0.25, 0.3) is 0 Å². The number of ether oxygens (including phenoxy) is 1. The van der Waals surface area contributed by atoms with Crippen LogP contribution < -0.4 is 5.32 Å². The van der Waals surface area contributed by atoms with Crippen molar-refractivity contribution in [1.82, 2.24) is 5.32 Å². The highest BCUT2D eigenvalue weighted by Crippen LogP contribution is 2.25. The van der Waals surface area contributed by atoms with Crippen LogP contribution in [0.4, 0.5) is 0 Å². The smallest absolute Gasteiger partial charge is 0.0825 e. The normalized spacial score (nSPS) is 14.4. The van der Waals surface area contributed by atoms with E-state index in [2.05, 4.69) is 33.0 Å².